The summed E-state index contributed by atoms with van der Waals surface area (Å²) in [5, 5.41) is 21.0. The summed E-state index contributed by atoms with van der Waals surface area (Å²) in [6, 6.07) is 13.7. The van der Waals surface area contributed by atoms with E-state index in [1.165, 1.54) is 18.2 Å². The molecule has 0 fully saturated rings. The highest BCUT2D eigenvalue weighted by atomic mass is 16.7. The van der Waals surface area contributed by atoms with Gasteiger partial charge in [0.1, 0.15) is 11.3 Å². The number of nitrogens with one attached hydrogen (secondary N) is 1. The van der Waals surface area contributed by atoms with Gasteiger partial charge >= 0.3 is 12.1 Å². The van der Waals surface area contributed by atoms with Crippen molar-refractivity contribution in [2.45, 2.75) is 19.6 Å². The Morgan fingerprint density at radius 1 is 1.12 bits per heavy atom. The van der Waals surface area contributed by atoms with E-state index >= 15 is 0 Å². The average molecular weight is 345 g/mol. The predicted molar refractivity (Wildman–Crippen MR) is 90.7 cm³/mol. The number of anilines is 1. The second-order valence-corrected chi connectivity index (χ2v) is 5.21. The fourth-order valence-corrected chi connectivity index (χ4v) is 2.18. The smallest absolute Gasteiger partial charge is 0.413 e. The molecule has 0 saturated carbocycles. The van der Waals surface area contributed by atoms with Gasteiger partial charge in [-0.3, -0.25) is 5.32 Å². The number of amides is 1. The summed E-state index contributed by atoms with van der Waals surface area (Å²) in [6.07, 6.45) is -1.01. The number of benzene rings is 2. The molecule has 1 unspecified atom stereocenters. The van der Waals surface area contributed by atoms with Crippen LogP contribution in [0, 0.1) is 0 Å². The van der Waals surface area contributed by atoms with Crippen LogP contribution in [0.1, 0.15) is 22.8 Å². The topological polar surface area (TPSA) is 105 Å². The summed E-state index contributed by atoms with van der Waals surface area (Å²) in [7, 11) is 0. The molecule has 0 bridgehead atoms. The van der Waals surface area contributed by atoms with Crippen LogP contribution in [0.15, 0.2) is 48.5 Å². The van der Waals surface area contributed by atoms with Gasteiger partial charge in [-0.25, -0.2) is 9.59 Å². The Bertz CT molecular complexity index is 732. The standard InChI is InChI=1S/C18H19NO6/c1-12(24-11-10-13-6-3-2-4-7-13)25-18(23)19-14-8-5-9-15(20)16(14)17(21)22/h2-9,12,20H,10-11H2,1H3,(H,19,23)(H,21,22). The van der Waals surface area contributed by atoms with E-state index in [1.54, 1.807) is 6.92 Å². The van der Waals surface area contributed by atoms with Crippen LogP contribution in [-0.2, 0) is 15.9 Å². The molecule has 0 saturated heterocycles. The maximum atomic E-state index is 11.9. The van der Waals surface area contributed by atoms with Crippen molar-refractivity contribution in [3.8, 4) is 5.75 Å². The monoisotopic (exact) mass is 345 g/mol. The number of carboxylic acids is 1. The molecule has 1 amide bonds. The van der Waals surface area contributed by atoms with E-state index < -0.39 is 29.7 Å². The number of carboxylic acid groups (broad SMARTS) is 1. The fraction of sp³-hybridized carbons (Fsp3) is 0.222. The van der Waals surface area contributed by atoms with Crippen molar-refractivity contribution in [3.05, 3.63) is 59.7 Å². The molecule has 1 atom stereocenters. The number of rotatable bonds is 7. The molecule has 7 nitrogen and oxygen atoms in total. The Kier molecular flexibility index (Phi) is 6.36. The minimum atomic E-state index is -1.36. The minimum absolute atomic E-state index is 0.0611. The first kappa shape index (κ1) is 18.3. The molecule has 0 heterocycles. The molecule has 7 heteroatoms. The van der Waals surface area contributed by atoms with Gasteiger partial charge < -0.3 is 19.7 Å². The second kappa shape index (κ2) is 8.70. The van der Waals surface area contributed by atoms with E-state index in [9.17, 15) is 14.7 Å². The summed E-state index contributed by atoms with van der Waals surface area (Å²) < 4.78 is 10.4. The van der Waals surface area contributed by atoms with Crippen LogP contribution in [0.4, 0.5) is 10.5 Å². The van der Waals surface area contributed by atoms with Gasteiger partial charge in [-0.05, 0) is 31.0 Å². The van der Waals surface area contributed by atoms with E-state index in [-0.39, 0.29) is 5.69 Å². The van der Waals surface area contributed by atoms with Gasteiger partial charge in [0.15, 0.2) is 0 Å². The van der Waals surface area contributed by atoms with E-state index in [1.807, 2.05) is 30.3 Å². The highest BCUT2D eigenvalue weighted by molar-refractivity contribution is 6.01. The Hall–Kier alpha value is -3.06. The molecule has 2 aromatic rings. The summed E-state index contributed by atoms with van der Waals surface area (Å²) in [5.41, 5.74) is 0.635. The normalized spacial score (nSPS) is 11.6. The number of ether oxygens (including phenoxy) is 2. The quantitative estimate of drug-likeness (QED) is 0.665. The van der Waals surface area contributed by atoms with Crippen molar-refractivity contribution in [1.29, 1.82) is 0 Å². The third kappa shape index (κ3) is 5.50. The molecule has 25 heavy (non-hydrogen) atoms. The van der Waals surface area contributed by atoms with Crippen LogP contribution in [0.3, 0.4) is 0 Å². The van der Waals surface area contributed by atoms with Gasteiger partial charge in [-0.1, -0.05) is 36.4 Å². The lowest BCUT2D eigenvalue weighted by Crippen LogP contribution is -2.24. The maximum absolute atomic E-state index is 11.9. The Labute approximate surface area is 144 Å². The maximum Gasteiger partial charge on any atom is 0.413 e. The lowest BCUT2D eigenvalue weighted by atomic mass is 10.1. The molecule has 0 aliphatic heterocycles. The second-order valence-electron chi connectivity index (χ2n) is 5.21. The molecule has 0 aliphatic rings. The molecule has 132 valence electrons. The average Bonchev–Trinajstić information content (AvgIpc) is 2.55. The van der Waals surface area contributed by atoms with E-state index in [4.69, 9.17) is 14.6 Å². The number of hydrogen-bond donors (Lipinski definition) is 3. The van der Waals surface area contributed by atoms with Gasteiger partial charge in [0.25, 0.3) is 0 Å². The van der Waals surface area contributed by atoms with Crippen molar-refractivity contribution in [1.82, 2.24) is 0 Å². The zero-order chi connectivity index (χ0) is 18.2. The van der Waals surface area contributed by atoms with Gasteiger partial charge in [0, 0.05) is 0 Å². The molecule has 0 spiro atoms. The SMILES string of the molecule is CC(OCCc1ccccc1)OC(=O)Nc1cccc(O)c1C(=O)O. The van der Waals surface area contributed by atoms with Gasteiger partial charge in [-0.15, -0.1) is 0 Å². The molecule has 3 N–H and O–H groups in total. The Morgan fingerprint density at radius 2 is 1.84 bits per heavy atom. The number of phenols is 1. The first-order valence-electron chi connectivity index (χ1n) is 7.66. The molecule has 2 rings (SSSR count). The van der Waals surface area contributed by atoms with Gasteiger partial charge in [0.05, 0.1) is 12.3 Å². The van der Waals surface area contributed by atoms with Gasteiger partial charge in [0.2, 0.25) is 6.29 Å². The lowest BCUT2D eigenvalue weighted by Gasteiger charge is -2.15. The van der Waals surface area contributed by atoms with Crippen molar-refractivity contribution >= 4 is 17.7 Å². The first-order valence-corrected chi connectivity index (χ1v) is 7.66. The summed E-state index contributed by atoms with van der Waals surface area (Å²) in [6.45, 7) is 1.93. The van der Waals surface area contributed by atoms with Crippen LogP contribution in [0.5, 0.6) is 5.75 Å². The number of hydrogen-bond acceptors (Lipinski definition) is 5. The largest absolute Gasteiger partial charge is 0.507 e. The zero-order valence-electron chi connectivity index (χ0n) is 13.6. The third-order valence-electron chi connectivity index (χ3n) is 3.35. The highest BCUT2D eigenvalue weighted by Gasteiger charge is 2.18. The van der Waals surface area contributed by atoms with Crippen molar-refractivity contribution < 1.29 is 29.3 Å². The molecule has 0 aromatic heterocycles. The molecule has 0 aliphatic carbocycles. The Morgan fingerprint density at radius 3 is 2.52 bits per heavy atom. The fourth-order valence-electron chi connectivity index (χ4n) is 2.18. The van der Waals surface area contributed by atoms with E-state index in [2.05, 4.69) is 5.32 Å². The van der Waals surface area contributed by atoms with Crippen LogP contribution in [-0.4, -0.2) is 35.2 Å². The summed E-state index contributed by atoms with van der Waals surface area (Å²) >= 11 is 0. The summed E-state index contributed by atoms with van der Waals surface area (Å²) in [5.74, 6) is -1.81. The number of aromatic hydroxyl groups is 1. The summed E-state index contributed by atoms with van der Waals surface area (Å²) in [4.78, 5) is 23.0. The number of carbonyl (C=O) groups is 2. The van der Waals surface area contributed by atoms with Crippen LogP contribution < -0.4 is 5.32 Å². The minimum Gasteiger partial charge on any atom is -0.507 e. The number of aromatic carboxylic acids is 1. The van der Waals surface area contributed by atoms with Crippen molar-refractivity contribution in [2.75, 3.05) is 11.9 Å². The predicted octanol–water partition coefficient (Wildman–Crippen LogP) is 3.24. The van der Waals surface area contributed by atoms with Crippen LogP contribution in [0.25, 0.3) is 0 Å². The highest BCUT2D eigenvalue weighted by Crippen LogP contribution is 2.25. The molecule has 0 radical (unpaired) electrons. The Balaban J connectivity index is 1.84. The molecular weight excluding hydrogens is 326 g/mol. The van der Waals surface area contributed by atoms with Crippen molar-refractivity contribution in [3.63, 3.8) is 0 Å². The number of carbonyl (C=O) groups excluding carboxylic acids is 1. The van der Waals surface area contributed by atoms with Crippen LogP contribution in [0.2, 0.25) is 0 Å². The molecular formula is C18H19NO6. The van der Waals surface area contributed by atoms with Crippen LogP contribution >= 0.6 is 0 Å². The zero-order valence-corrected chi connectivity index (χ0v) is 13.6. The molecule has 2 aromatic carbocycles. The van der Waals surface area contributed by atoms with E-state index in [0.717, 1.165) is 5.56 Å². The first-order chi connectivity index (χ1) is 12.0. The lowest BCUT2D eigenvalue weighted by molar-refractivity contribution is -0.0862. The van der Waals surface area contributed by atoms with Gasteiger partial charge in [-0.2, -0.15) is 0 Å². The van der Waals surface area contributed by atoms with Crippen molar-refractivity contribution in [2.24, 2.45) is 0 Å². The van der Waals surface area contributed by atoms with E-state index in [0.29, 0.717) is 13.0 Å². The third-order valence-corrected chi connectivity index (χ3v) is 3.35.